The lowest BCUT2D eigenvalue weighted by Crippen LogP contribution is -2.54. The predicted molar refractivity (Wildman–Crippen MR) is 99.6 cm³/mol. The average Bonchev–Trinajstić information content (AvgIpc) is 3.07. The molecule has 1 N–H and O–H groups in total. The van der Waals surface area contributed by atoms with Crippen LogP contribution < -0.4 is 5.32 Å². The number of hydrogen-bond acceptors (Lipinski definition) is 4. The maximum atomic E-state index is 13.2. The highest BCUT2D eigenvalue weighted by Gasteiger charge is 2.41. The summed E-state index contributed by atoms with van der Waals surface area (Å²) < 4.78 is 5.23. The van der Waals surface area contributed by atoms with Crippen LogP contribution in [0.3, 0.4) is 0 Å². The van der Waals surface area contributed by atoms with Crippen molar-refractivity contribution in [3.63, 3.8) is 0 Å². The third kappa shape index (κ3) is 5.08. The monoisotopic (exact) mass is 364 g/mol. The van der Waals surface area contributed by atoms with E-state index in [4.69, 9.17) is 4.74 Å². The molecule has 0 radical (unpaired) electrons. The molecule has 0 aromatic heterocycles. The number of aldehydes is 1. The third-order valence-electron chi connectivity index (χ3n) is 5.44. The third-order valence-corrected chi connectivity index (χ3v) is 5.44. The summed E-state index contributed by atoms with van der Waals surface area (Å²) in [5, 5.41) is 2.80. The molecular formula is C20H32N2O4. The molecule has 0 bridgehead atoms. The van der Waals surface area contributed by atoms with Crippen molar-refractivity contribution in [1.82, 2.24) is 10.2 Å². The number of alkyl carbamates (subject to hydrolysis) is 1. The van der Waals surface area contributed by atoms with Gasteiger partial charge in [-0.1, -0.05) is 39.2 Å². The summed E-state index contributed by atoms with van der Waals surface area (Å²) in [6.07, 6.45) is 7.84. The highest BCUT2D eigenvalue weighted by atomic mass is 16.5. The molecule has 1 saturated heterocycles. The average molecular weight is 364 g/mol. The molecular weight excluding hydrogens is 332 g/mol. The Hall–Kier alpha value is -1.85. The second-order valence-electron chi connectivity index (χ2n) is 7.86. The fraction of sp³-hybridized carbons (Fsp3) is 0.750. The van der Waals surface area contributed by atoms with Gasteiger partial charge in [-0.15, -0.1) is 6.58 Å². The first-order chi connectivity index (χ1) is 12.5. The molecule has 1 aliphatic heterocycles. The van der Waals surface area contributed by atoms with Crippen LogP contribution in [-0.4, -0.2) is 48.4 Å². The molecule has 0 aromatic carbocycles. The van der Waals surface area contributed by atoms with Gasteiger partial charge in [0.2, 0.25) is 5.91 Å². The van der Waals surface area contributed by atoms with Crippen molar-refractivity contribution in [1.29, 1.82) is 0 Å². The van der Waals surface area contributed by atoms with Gasteiger partial charge >= 0.3 is 6.09 Å². The first-order valence-electron chi connectivity index (χ1n) is 9.79. The van der Waals surface area contributed by atoms with Crippen LogP contribution in [-0.2, 0) is 14.3 Å². The van der Waals surface area contributed by atoms with Crippen molar-refractivity contribution in [3.05, 3.63) is 12.7 Å². The Morgan fingerprint density at radius 2 is 1.92 bits per heavy atom. The van der Waals surface area contributed by atoms with Crippen molar-refractivity contribution >= 4 is 18.3 Å². The quantitative estimate of drug-likeness (QED) is 0.557. The number of carbonyl (C=O) groups excluding carboxylic acids is 3. The fourth-order valence-corrected chi connectivity index (χ4v) is 3.97. The summed E-state index contributed by atoms with van der Waals surface area (Å²) >= 11 is 0. The maximum Gasteiger partial charge on any atom is 0.407 e. The van der Waals surface area contributed by atoms with Crippen LogP contribution in [0.4, 0.5) is 4.79 Å². The minimum atomic E-state index is -0.624. The summed E-state index contributed by atoms with van der Waals surface area (Å²) in [4.78, 5) is 38.6. The van der Waals surface area contributed by atoms with E-state index in [1.807, 2.05) is 13.8 Å². The van der Waals surface area contributed by atoms with Crippen molar-refractivity contribution in [3.8, 4) is 0 Å². The van der Waals surface area contributed by atoms with Gasteiger partial charge in [-0.05, 0) is 31.1 Å². The summed E-state index contributed by atoms with van der Waals surface area (Å²) in [6.45, 7) is 8.53. The van der Waals surface area contributed by atoms with Crippen LogP contribution in [0.5, 0.6) is 0 Å². The van der Waals surface area contributed by atoms with E-state index < -0.39 is 18.2 Å². The zero-order valence-electron chi connectivity index (χ0n) is 16.0. The molecule has 1 aliphatic carbocycles. The molecule has 1 saturated carbocycles. The summed E-state index contributed by atoms with van der Waals surface area (Å²) in [6, 6.07) is -1.11. The van der Waals surface area contributed by atoms with Gasteiger partial charge in [0.25, 0.3) is 0 Å². The predicted octanol–water partition coefficient (Wildman–Crippen LogP) is 2.92. The van der Waals surface area contributed by atoms with Gasteiger partial charge in [-0.25, -0.2) is 4.79 Å². The molecule has 2 aliphatic rings. The van der Waals surface area contributed by atoms with Gasteiger partial charge in [0.15, 0.2) is 0 Å². The zero-order chi connectivity index (χ0) is 19.1. The molecule has 0 aromatic rings. The van der Waals surface area contributed by atoms with Crippen LogP contribution in [0.1, 0.15) is 52.4 Å². The summed E-state index contributed by atoms with van der Waals surface area (Å²) in [5.41, 5.74) is 0. The fourth-order valence-electron chi connectivity index (χ4n) is 3.97. The van der Waals surface area contributed by atoms with Gasteiger partial charge in [0.05, 0.1) is 12.6 Å². The van der Waals surface area contributed by atoms with Gasteiger partial charge in [-0.2, -0.15) is 0 Å². The molecule has 2 rings (SSSR count). The van der Waals surface area contributed by atoms with Crippen molar-refractivity contribution in [2.75, 3.05) is 13.2 Å². The molecule has 0 spiro atoms. The molecule has 3 atom stereocenters. The van der Waals surface area contributed by atoms with E-state index in [0.29, 0.717) is 13.2 Å². The summed E-state index contributed by atoms with van der Waals surface area (Å²) in [7, 11) is 0. The van der Waals surface area contributed by atoms with E-state index in [0.717, 1.165) is 44.8 Å². The molecule has 2 fully saturated rings. The Bertz CT molecular complexity index is 514. The van der Waals surface area contributed by atoms with Crippen molar-refractivity contribution < 1.29 is 19.1 Å². The minimum absolute atomic E-state index is 0.0173. The second kappa shape index (κ2) is 9.74. The largest absolute Gasteiger partial charge is 0.449 e. The zero-order valence-corrected chi connectivity index (χ0v) is 16.0. The van der Waals surface area contributed by atoms with E-state index in [2.05, 4.69) is 11.9 Å². The number of rotatable bonds is 7. The lowest BCUT2D eigenvalue weighted by molar-refractivity contribution is -0.138. The summed E-state index contributed by atoms with van der Waals surface area (Å²) in [5.74, 6) is 0.144. The smallest absolute Gasteiger partial charge is 0.407 e. The molecule has 6 heteroatoms. The van der Waals surface area contributed by atoms with Gasteiger partial charge in [-0.3, -0.25) is 4.79 Å². The van der Waals surface area contributed by atoms with Crippen LogP contribution in [0, 0.1) is 17.8 Å². The number of nitrogens with zero attached hydrogens (tertiary/aromatic N) is 1. The van der Waals surface area contributed by atoms with Crippen LogP contribution in [0.25, 0.3) is 0 Å². The first kappa shape index (κ1) is 20.5. The molecule has 2 amide bonds. The number of carbonyl (C=O) groups is 3. The Labute approximate surface area is 156 Å². The number of likely N-dealkylation sites (tertiary alicyclic amines) is 1. The Morgan fingerprint density at radius 1 is 1.23 bits per heavy atom. The first-order valence-corrected chi connectivity index (χ1v) is 9.79. The Balaban J connectivity index is 2.11. The Morgan fingerprint density at radius 3 is 2.50 bits per heavy atom. The topological polar surface area (TPSA) is 75.7 Å². The van der Waals surface area contributed by atoms with E-state index in [1.165, 1.54) is 0 Å². The number of nitrogens with one attached hydrogen (secondary N) is 1. The van der Waals surface area contributed by atoms with Crippen LogP contribution in [0.15, 0.2) is 12.7 Å². The van der Waals surface area contributed by atoms with Crippen molar-refractivity contribution in [2.24, 2.45) is 17.8 Å². The minimum Gasteiger partial charge on any atom is -0.449 e. The number of amides is 2. The molecule has 26 heavy (non-hydrogen) atoms. The molecule has 146 valence electrons. The number of ether oxygens (including phenoxy) is 1. The van der Waals surface area contributed by atoms with E-state index in [9.17, 15) is 14.4 Å². The highest BCUT2D eigenvalue weighted by molar-refractivity contribution is 5.88. The van der Waals surface area contributed by atoms with Gasteiger partial charge in [0.1, 0.15) is 12.3 Å². The molecule has 6 nitrogen and oxygen atoms in total. The van der Waals surface area contributed by atoms with Crippen LogP contribution in [0.2, 0.25) is 0 Å². The molecule has 1 unspecified atom stereocenters. The maximum absolute atomic E-state index is 13.2. The molecule has 1 heterocycles. The van der Waals surface area contributed by atoms with Crippen molar-refractivity contribution in [2.45, 2.75) is 64.5 Å². The highest BCUT2D eigenvalue weighted by Crippen LogP contribution is 2.30. The van der Waals surface area contributed by atoms with Gasteiger partial charge in [0, 0.05) is 12.5 Å². The van der Waals surface area contributed by atoms with E-state index >= 15 is 0 Å². The Kier molecular flexibility index (Phi) is 7.66. The van der Waals surface area contributed by atoms with E-state index in [1.54, 1.807) is 11.0 Å². The standard InChI is InChI=1S/C20H32N2O4/c1-4-15-10-11-22(17(15)12-23)19(24)18(16-8-6-5-7-9-16)21-20(25)26-13-14(2)3/h4,12,14-18H,1,5-11,13H2,2-3H3,(H,21,25)/t15-,17+,18?/m0/s1. The lowest BCUT2D eigenvalue weighted by Gasteiger charge is -2.34. The van der Waals surface area contributed by atoms with Crippen LogP contribution >= 0.6 is 0 Å². The van der Waals surface area contributed by atoms with E-state index in [-0.39, 0.29) is 23.7 Å². The SMILES string of the molecule is C=C[C@H]1CCN(C(=O)C(NC(=O)OCC(C)C)C2CCCCC2)[C@@H]1C=O. The normalized spacial score (nSPS) is 25.0. The lowest BCUT2D eigenvalue weighted by atomic mass is 9.83. The van der Waals surface area contributed by atoms with Gasteiger partial charge < -0.3 is 19.7 Å². The second-order valence-corrected chi connectivity index (χ2v) is 7.86. The number of hydrogen-bond donors (Lipinski definition) is 1.